The molecule has 1 aromatic rings. The van der Waals surface area contributed by atoms with Crippen LogP contribution >= 0.6 is 11.6 Å². The largest absolute Gasteiger partial charge is 0.480 e. The molecular weight excluding hydrogens is 386 g/mol. The summed E-state index contributed by atoms with van der Waals surface area (Å²) in [5, 5.41) is 9.67. The normalized spacial score (nSPS) is 23.7. The first-order valence-electron chi connectivity index (χ1n) is 8.64. The van der Waals surface area contributed by atoms with E-state index >= 15 is 0 Å². The fraction of sp³-hybridized carbons (Fsp3) is 0.333. The average Bonchev–Trinajstić information content (AvgIpc) is 3.13. The first-order valence-corrected chi connectivity index (χ1v) is 9.02. The number of urea groups is 1. The smallest absolute Gasteiger partial charge is 0.328 e. The molecule has 2 unspecified atom stereocenters. The molecule has 28 heavy (non-hydrogen) atoms. The van der Waals surface area contributed by atoms with Crippen molar-refractivity contribution >= 4 is 35.5 Å². The topological polar surface area (TPSA) is 96.8 Å². The van der Waals surface area contributed by atoms with Crippen LogP contribution in [0.25, 0.3) is 0 Å². The van der Waals surface area contributed by atoms with Crippen LogP contribution in [0.5, 0.6) is 0 Å². The van der Waals surface area contributed by atoms with Crippen molar-refractivity contribution in [2.24, 2.45) is 4.99 Å². The number of aliphatic imine (C=N–C) groups is 1. The highest BCUT2D eigenvalue weighted by Crippen LogP contribution is 2.34. The number of halogens is 1. The van der Waals surface area contributed by atoms with Gasteiger partial charge in [0.05, 0.1) is 6.54 Å². The Labute approximate surface area is 166 Å². The van der Waals surface area contributed by atoms with Crippen molar-refractivity contribution in [1.82, 2.24) is 19.6 Å². The van der Waals surface area contributed by atoms with Crippen LogP contribution < -0.4 is 0 Å². The number of carbonyl (C=O) groups is 3. The molecule has 1 N–H and O–H groups in total. The minimum Gasteiger partial charge on any atom is -0.480 e. The fourth-order valence-electron chi connectivity index (χ4n) is 3.70. The molecular formula is C18H18ClN5O4. The Balaban J connectivity index is 1.64. The number of benzene rings is 1. The Kier molecular flexibility index (Phi) is 4.26. The predicted octanol–water partition coefficient (Wildman–Crippen LogP) is 1.36. The Morgan fingerprint density at radius 2 is 2.04 bits per heavy atom. The first kappa shape index (κ1) is 18.3. The van der Waals surface area contributed by atoms with E-state index in [1.807, 2.05) is 0 Å². The number of aliphatic carboxylic acids is 1. The monoisotopic (exact) mass is 403 g/mol. The summed E-state index contributed by atoms with van der Waals surface area (Å²) in [5.74, 6) is -1.02. The standard InChI is InChI=1S/C18H18ClN5O4/c1-10-7-23-14-15(20-17(23)22(10)9-13(25)26)21(2)18(28)24(16(14)27)8-11-4-3-5-12(19)6-11/h3-7,14-15H,8-9H2,1-2H3,(H,25,26). The molecule has 2 atom stereocenters. The Morgan fingerprint density at radius 3 is 2.71 bits per heavy atom. The van der Waals surface area contributed by atoms with Crippen molar-refractivity contribution in [1.29, 1.82) is 0 Å². The second-order valence-corrected chi connectivity index (χ2v) is 7.33. The molecule has 0 aliphatic carbocycles. The lowest BCUT2D eigenvalue weighted by Gasteiger charge is -2.40. The Bertz CT molecular complexity index is 946. The number of hydrogen-bond donors (Lipinski definition) is 1. The van der Waals surface area contributed by atoms with Crippen molar-refractivity contribution < 1.29 is 19.5 Å². The molecule has 0 saturated carbocycles. The molecule has 10 heteroatoms. The summed E-state index contributed by atoms with van der Waals surface area (Å²) in [6.45, 7) is 1.58. The van der Waals surface area contributed by atoms with Gasteiger partial charge >= 0.3 is 12.0 Å². The molecule has 3 amide bonds. The van der Waals surface area contributed by atoms with Crippen LogP contribution in [0.2, 0.25) is 5.02 Å². The molecule has 0 aromatic heterocycles. The summed E-state index contributed by atoms with van der Waals surface area (Å²) >= 11 is 6.01. The number of carboxylic acid groups (broad SMARTS) is 1. The molecule has 0 bridgehead atoms. The number of rotatable bonds is 4. The van der Waals surface area contributed by atoms with Gasteiger partial charge in [-0.05, 0) is 24.6 Å². The molecule has 3 aliphatic heterocycles. The molecule has 0 spiro atoms. The first-order chi connectivity index (χ1) is 13.3. The van der Waals surface area contributed by atoms with Crippen LogP contribution in [0.15, 0.2) is 41.2 Å². The molecule has 146 valence electrons. The number of fused-ring (bicyclic) bond motifs is 3. The van der Waals surface area contributed by atoms with Crippen LogP contribution in [-0.2, 0) is 16.1 Å². The molecule has 3 heterocycles. The van der Waals surface area contributed by atoms with Gasteiger partial charge in [-0.15, -0.1) is 0 Å². The highest BCUT2D eigenvalue weighted by Gasteiger charge is 2.54. The van der Waals surface area contributed by atoms with Gasteiger partial charge in [0, 0.05) is 24.0 Å². The van der Waals surface area contributed by atoms with E-state index in [1.165, 1.54) is 14.7 Å². The van der Waals surface area contributed by atoms with E-state index in [9.17, 15) is 14.4 Å². The van der Waals surface area contributed by atoms with Crippen LogP contribution in [0.1, 0.15) is 12.5 Å². The number of allylic oxidation sites excluding steroid dienone is 1. The van der Waals surface area contributed by atoms with Crippen LogP contribution in [-0.4, -0.2) is 74.4 Å². The van der Waals surface area contributed by atoms with Crippen molar-refractivity contribution in [3.63, 3.8) is 0 Å². The van der Waals surface area contributed by atoms with E-state index in [4.69, 9.17) is 16.7 Å². The molecule has 0 radical (unpaired) electrons. The quantitative estimate of drug-likeness (QED) is 0.815. The Morgan fingerprint density at radius 1 is 1.29 bits per heavy atom. The van der Waals surface area contributed by atoms with Gasteiger partial charge in [0.2, 0.25) is 5.96 Å². The number of carbonyl (C=O) groups excluding carboxylic acids is 2. The van der Waals surface area contributed by atoms with E-state index in [0.717, 1.165) is 5.56 Å². The zero-order chi connectivity index (χ0) is 20.2. The maximum absolute atomic E-state index is 13.2. The molecule has 1 fully saturated rings. The van der Waals surface area contributed by atoms with Crippen LogP contribution in [0.3, 0.4) is 0 Å². The molecule has 4 rings (SSSR count). The molecule has 3 aliphatic rings. The lowest BCUT2D eigenvalue weighted by molar-refractivity contribution is -0.137. The summed E-state index contributed by atoms with van der Waals surface area (Å²) in [4.78, 5) is 47.4. The third kappa shape index (κ3) is 2.78. The van der Waals surface area contributed by atoms with Crippen molar-refractivity contribution in [2.75, 3.05) is 13.6 Å². The molecule has 1 saturated heterocycles. The number of imide groups is 1. The number of hydrogen-bond acceptors (Lipinski definition) is 6. The summed E-state index contributed by atoms with van der Waals surface area (Å²) in [7, 11) is 1.59. The van der Waals surface area contributed by atoms with E-state index in [1.54, 1.807) is 49.3 Å². The van der Waals surface area contributed by atoms with Gasteiger partial charge in [-0.25, -0.2) is 9.79 Å². The lowest BCUT2D eigenvalue weighted by Crippen LogP contribution is -2.63. The number of likely N-dealkylation sites (N-methyl/N-ethyl adjacent to an activating group) is 1. The SMILES string of the molecule is CC1=CN2C(=NC3C2C(=O)N(Cc2cccc(Cl)c2)C(=O)N3C)N1CC(=O)O. The molecule has 9 nitrogen and oxygen atoms in total. The van der Waals surface area contributed by atoms with Crippen LogP contribution in [0.4, 0.5) is 4.79 Å². The lowest BCUT2D eigenvalue weighted by atomic mass is 10.1. The van der Waals surface area contributed by atoms with Gasteiger partial charge in [-0.2, -0.15) is 0 Å². The number of nitrogens with zero attached hydrogens (tertiary/aromatic N) is 5. The van der Waals surface area contributed by atoms with Crippen molar-refractivity contribution in [2.45, 2.75) is 25.7 Å². The van der Waals surface area contributed by atoms with E-state index in [-0.39, 0.29) is 19.0 Å². The van der Waals surface area contributed by atoms with Crippen molar-refractivity contribution in [3.8, 4) is 0 Å². The van der Waals surface area contributed by atoms with E-state index in [0.29, 0.717) is 16.7 Å². The maximum atomic E-state index is 13.2. The van der Waals surface area contributed by atoms with Gasteiger partial charge in [0.15, 0.2) is 12.2 Å². The fourth-order valence-corrected chi connectivity index (χ4v) is 3.91. The van der Waals surface area contributed by atoms with E-state index in [2.05, 4.69) is 4.99 Å². The van der Waals surface area contributed by atoms with Crippen LogP contribution in [0, 0.1) is 0 Å². The number of amides is 3. The van der Waals surface area contributed by atoms with Gasteiger partial charge in [-0.1, -0.05) is 23.7 Å². The molecule has 1 aromatic carbocycles. The van der Waals surface area contributed by atoms with Gasteiger partial charge in [-0.3, -0.25) is 14.5 Å². The predicted molar refractivity (Wildman–Crippen MR) is 100 cm³/mol. The average molecular weight is 404 g/mol. The number of carboxylic acids is 1. The highest BCUT2D eigenvalue weighted by molar-refractivity contribution is 6.30. The third-order valence-electron chi connectivity index (χ3n) is 5.03. The Hall–Kier alpha value is -3.07. The summed E-state index contributed by atoms with van der Waals surface area (Å²) in [6, 6.07) is 5.80. The van der Waals surface area contributed by atoms with Gasteiger partial charge in [0.25, 0.3) is 5.91 Å². The zero-order valence-electron chi connectivity index (χ0n) is 15.2. The zero-order valence-corrected chi connectivity index (χ0v) is 16.0. The second-order valence-electron chi connectivity index (χ2n) is 6.89. The minimum atomic E-state index is -1.01. The highest BCUT2D eigenvalue weighted by atomic mass is 35.5. The van der Waals surface area contributed by atoms with Gasteiger partial charge in [0.1, 0.15) is 6.54 Å². The number of guanidine groups is 1. The van der Waals surface area contributed by atoms with Crippen molar-refractivity contribution in [3.05, 3.63) is 46.7 Å². The maximum Gasteiger partial charge on any atom is 0.328 e. The van der Waals surface area contributed by atoms with Gasteiger partial charge < -0.3 is 19.8 Å². The summed E-state index contributed by atoms with van der Waals surface area (Å²) in [5.41, 5.74) is 1.41. The van der Waals surface area contributed by atoms with E-state index < -0.39 is 24.2 Å². The third-order valence-corrected chi connectivity index (χ3v) is 5.26. The summed E-state index contributed by atoms with van der Waals surface area (Å²) in [6.07, 6.45) is 0.997. The summed E-state index contributed by atoms with van der Waals surface area (Å²) < 4.78 is 0. The minimum absolute atomic E-state index is 0.0937. The second kappa shape index (κ2) is 6.52.